The van der Waals surface area contributed by atoms with E-state index in [9.17, 15) is 19.5 Å². The van der Waals surface area contributed by atoms with Crippen LogP contribution in [0.3, 0.4) is 0 Å². The summed E-state index contributed by atoms with van der Waals surface area (Å²) in [7, 11) is 0. The van der Waals surface area contributed by atoms with E-state index in [1.165, 1.54) is 0 Å². The third-order valence-electron chi connectivity index (χ3n) is 8.87. The number of hydrogen-bond donors (Lipinski definition) is 3. The Morgan fingerprint density at radius 3 is 2.34 bits per heavy atom. The van der Waals surface area contributed by atoms with Crippen molar-refractivity contribution in [1.29, 1.82) is 0 Å². The molecule has 3 aliphatic heterocycles. The molecule has 1 aromatic carbocycles. The smallest absolute Gasteiger partial charge is 0.248 e. The number of carbonyl (C=O) groups is 3. The van der Waals surface area contributed by atoms with Crippen molar-refractivity contribution in [3.8, 4) is 0 Å². The molecule has 3 aliphatic rings. The van der Waals surface area contributed by atoms with E-state index < -0.39 is 33.4 Å². The molecule has 1 spiro atoms. The molecular weight excluding hydrogens is 500 g/mol. The molecule has 1 aromatic rings. The second-order valence-electron chi connectivity index (χ2n) is 11.5. The van der Waals surface area contributed by atoms with Gasteiger partial charge in [-0.25, -0.2) is 0 Å². The van der Waals surface area contributed by atoms with Crippen molar-refractivity contribution in [3.63, 3.8) is 0 Å². The number of thioether (sulfide) groups is 1. The molecule has 9 heteroatoms. The number of likely N-dealkylation sites (tertiary alicyclic amines) is 1. The Bertz CT molecular complexity index is 1050. The highest BCUT2D eigenvalue weighted by Crippen LogP contribution is 2.71. The fourth-order valence-electron chi connectivity index (χ4n) is 6.95. The quantitative estimate of drug-likeness (QED) is 0.394. The zero-order valence-corrected chi connectivity index (χ0v) is 24.4. The van der Waals surface area contributed by atoms with E-state index in [-0.39, 0.29) is 30.2 Å². The van der Waals surface area contributed by atoms with E-state index in [1.54, 1.807) is 16.7 Å². The number of hydrogen-bond acceptors (Lipinski definition) is 6. The van der Waals surface area contributed by atoms with Crippen LogP contribution in [-0.4, -0.2) is 75.5 Å². The van der Waals surface area contributed by atoms with Gasteiger partial charge in [-0.3, -0.25) is 14.4 Å². The molecular formula is C29H44N4O4S. The SMILES string of the molecule is CCCNC(=O)[C@H]1[C@H]2C(=O)N([C@@H](CO)C(C)C)C(C(=O)Nc3ccc(N(CC)CC)cc3)C23CC[C@]1(C)S3. The predicted molar refractivity (Wildman–Crippen MR) is 153 cm³/mol. The van der Waals surface area contributed by atoms with Gasteiger partial charge in [0.1, 0.15) is 6.04 Å². The van der Waals surface area contributed by atoms with Crippen LogP contribution >= 0.6 is 11.8 Å². The largest absolute Gasteiger partial charge is 0.394 e. The van der Waals surface area contributed by atoms with Crippen LogP contribution in [0.4, 0.5) is 11.4 Å². The number of amides is 3. The number of benzene rings is 1. The molecule has 210 valence electrons. The average Bonchev–Trinajstić information content (AvgIpc) is 3.45. The van der Waals surface area contributed by atoms with Crippen molar-refractivity contribution in [2.75, 3.05) is 36.5 Å². The number of aliphatic hydroxyl groups excluding tert-OH is 1. The summed E-state index contributed by atoms with van der Waals surface area (Å²) < 4.78 is -1.10. The molecule has 3 saturated heterocycles. The Morgan fingerprint density at radius 1 is 1.13 bits per heavy atom. The summed E-state index contributed by atoms with van der Waals surface area (Å²) in [4.78, 5) is 45.6. The maximum Gasteiger partial charge on any atom is 0.248 e. The standard InChI is InChI=1S/C29H44N4O4S/c1-7-16-30-25(35)22-23-27(37)33(21(17-34)18(4)5)24(29(23)15-14-28(22,6)38-29)26(36)31-19-10-12-20(13-11-19)32(8-2)9-3/h10-13,18,21-24,34H,7-9,14-17H2,1-6H3,(H,30,35)(H,31,36)/t21-,22+,23-,24?,28-,29?/m0/s1. The molecule has 2 unspecified atom stereocenters. The summed E-state index contributed by atoms with van der Waals surface area (Å²) in [6.07, 6.45) is 2.28. The van der Waals surface area contributed by atoms with E-state index in [1.807, 2.05) is 45.0 Å². The van der Waals surface area contributed by atoms with Crippen molar-refractivity contribution < 1.29 is 19.5 Å². The highest BCUT2D eigenvalue weighted by atomic mass is 32.2. The number of anilines is 2. The van der Waals surface area contributed by atoms with E-state index in [2.05, 4.69) is 36.3 Å². The highest BCUT2D eigenvalue weighted by Gasteiger charge is 2.77. The highest BCUT2D eigenvalue weighted by molar-refractivity contribution is 8.02. The van der Waals surface area contributed by atoms with Crippen molar-refractivity contribution >= 4 is 40.9 Å². The van der Waals surface area contributed by atoms with Gasteiger partial charge in [-0.05, 0) is 70.2 Å². The topological polar surface area (TPSA) is 102 Å². The summed E-state index contributed by atoms with van der Waals surface area (Å²) >= 11 is 1.66. The molecule has 0 radical (unpaired) electrons. The summed E-state index contributed by atoms with van der Waals surface area (Å²) in [5, 5.41) is 16.5. The zero-order chi connectivity index (χ0) is 27.8. The lowest BCUT2D eigenvalue weighted by molar-refractivity contribution is -0.143. The van der Waals surface area contributed by atoms with Crippen LogP contribution in [0.25, 0.3) is 0 Å². The molecule has 0 aromatic heterocycles. The first kappa shape index (κ1) is 28.7. The maximum atomic E-state index is 14.2. The van der Waals surface area contributed by atoms with Gasteiger partial charge in [-0.1, -0.05) is 20.8 Å². The van der Waals surface area contributed by atoms with Gasteiger partial charge in [0.25, 0.3) is 0 Å². The molecule has 3 amide bonds. The number of fused-ring (bicyclic) bond motifs is 1. The van der Waals surface area contributed by atoms with Crippen molar-refractivity contribution in [2.24, 2.45) is 17.8 Å². The van der Waals surface area contributed by atoms with Gasteiger partial charge >= 0.3 is 0 Å². The molecule has 0 saturated carbocycles. The minimum Gasteiger partial charge on any atom is -0.394 e. The summed E-state index contributed by atoms with van der Waals surface area (Å²) in [5.74, 6) is -1.66. The number of aliphatic hydroxyl groups is 1. The zero-order valence-electron chi connectivity index (χ0n) is 23.6. The predicted octanol–water partition coefficient (Wildman–Crippen LogP) is 3.50. The van der Waals surface area contributed by atoms with Crippen LogP contribution in [0.5, 0.6) is 0 Å². The molecule has 3 N–H and O–H groups in total. The van der Waals surface area contributed by atoms with Gasteiger partial charge in [0.2, 0.25) is 17.7 Å². The molecule has 0 aliphatic carbocycles. The second kappa shape index (κ2) is 11.1. The van der Waals surface area contributed by atoms with Gasteiger partial charge in [0.15, 0.2) is 0 Å². The third kappa shape index (κ3) is 4.59. The van der Waals surface area contributed by atoms with Crippen LogP contribution in [0.1, 0.15) is 60.8 Å². The first-order valence-corrected chi connectivity index (χ1v) is 15.0. The first-order valence-electron chi connectivity index (χ1n) is 14.1. The van der Waals surface area contributed by atoms with Crippen LogP contribution in [0.15, 0.2) is 24.3 Å². The van der Waals surface area contributed by atoms with Crippen molar-refractivity contribution in [2.45, 2.75) is 82.4 Å². The van der Waals surface area contributed by atoms with E-state index in [0.29, 0.717) is 18.7 Å². The Labute approximate surface area is 231 Å². The average molecular weight is 545 g/mol. The van der Waals surface area contributed by atoms with Crippen molar-refractivity contribution in [3.05, 3.63) is 24.3 Å². The van der Waals surface area contributed by atoms with E-state index in [4.69, 9.17) is 0 Å². The summed E-state index contributed by atoms with van der Waals surface area (Å²) in [5.41, 5.74) is 1.76. The number of nitrogens with one attached hydrogen (secondary N) is 2. The maximum absolute atomic E-state index is 14.2. The van der Waals surface area contributed by atoms with Gasteiger partial charge in [0.05, 0.1) is 29.2 Å². The monoisotopic (exact) mass is 544 g/mol. The normalized spacial score (nSPS) is 30.5. The molecule has 3 heterocycles. The molecule has 2 bridgehead atoms. The Kier molecular flexibility index (Phi) is 8.38. The summed E-state index contributed by atoms with van der Waals surface area (Å²) in [6, 6.07) is 6.52. The van der Waals surface area contributed by atoms with Crippen LogP contribution < -0.4 is 15.5 Å². The van der Waals surface area contributed by atoms with Crippen molar-refractivity contribution in [1.82, 2.24) is 10.2 Å². The summed E-state index contributed by atoms with van der Waals surface area (Å²) in [6.45, 7) is 14.3. The number of carbonyl (C=O) groups excluding carboxylic acids is 3. The van der Waals surface area contributed by atoms with Crippen LogP contribution in [0, 0.1) is 17.8 Å². The molecule has 6 atom stereocenters. The molecule has 3 fully saturated rings. The van der Waals surface area contributed by atoms with Gasteiger partial charge in [-0.15, -0.1) is 11.8 Å². The number of rotatable bonds is 11. The lowest BCUT2D eigenvalue weighted by Gasteiger charge is -2.38. The lowest BCUT2D eigenvalue weighted by Crippen LogP contribution is -2.56. The fraction of sp³-hybridized carbons (Fsp3) is 0.690. The fourth-order valence-corrected chi connectivity index (χ4v) is 9.30. The van der Waals surface area contributed by atoms with Crippen LogP contribution in [-0.2, 0) is 14.4 Å². The molecule has 8 nitrogen and oxygen atoms in total. The Balaban J connectivity index is 1.70. The number of nitrogens with zero attached hydrogens (tertiary/aromatic N) is 2. The first-order chi connectivity index (χ1) is 18.1. The van der Waals surface area contributed by atoms with E-state index >= 15 is 0 Å². The molecule has 38 heavy (non-hydrogen) atoms. The van der Waals surface area contributed by atoms with Crippen LogP contribution in [0.2, 0.25) is 0 Å². The van der Waals surface area contributed by atoms with Gasteiger partial charge in [0, 0.05) is 35.8 Å². The molecule has 4 rings (SSSR count). The lowest BCUT2D eigenvalue weighted by atomic mass is 9.66. The Hall–Kier alpha value is -2.26. The Morgan fingerprint density at radius 2 is 1.79 bits per heavy atom. The van der Waals surface area contributed by atoms with Gasteiger partial charge in [-0.2, -0.15) is 0 Å². The second-order valence-corrected chi connectivity index (χ2v) is 13.4. The minimum atomic E-state index is -0.766. The minimum absolute atomic E-state index is 0.0482. The van der Waals surface area contributed by atoms with E-state index in [0.717, 1.165) is 31.6 Å². The van der Waals surface area contributed by atoms with Gasteiger partial charge < -0.3 is 25.5 Å². The third-order valence-corrected chi connectivity index (χ3v) is 10.9.